The van der Waals surface area contributed by atoms with Gasteiger partial charge in [-0.2, -0.15) is 0 Å². The minimum atomic E-state index is -0.455. The Labute approximate surface area is 110 Å². The molecule has 2 aliphatic carbocycles. The Hall–Kier alpha value is -0.120. The van der Waals surface area contributed by atoms with E-state index in [1.165, 1.54) is 44.9 Å². The third kappa shape index (κ3) is 2.45. The molecule has 0 radical (unpaired) electrons. The van der Waals surface area contributed by atoms with Crippen molar-refractivity contribution in [1.29, 1.82) is 0 Å². The largest absolute Gasteiger partial charge is 0.394 e. The lowest BCUT2D eigenvalue weighted by Crippen LogP contribution is -2.33. The molecule has 0 aromatic carbocycles. The third-order valence-electron chi connectivity index (χ3n) is 5.54. The Morgan fingerprint density at radius 1 is 0.889 bits per heavy atom. The molecule has 18 heavy (non-hydrogen) atoms. The topological polar surface area (TPSA) is 49.7 Å². The van der Waals surface area contributed by atoms with Gasteiger partial charge in [0.15, 0.2) is 0 Å². The van der Waals surface area contributed by atoms with Gasteiger partial charge in [0.25, 0.3) is 0 Å². The van der Waals surface area contributed by atoms with E-state index in [1.807, 2.05) is 0 Å². The van der Waals surface area contributed by atoms with Crippen LogP contribution in [0, 0.1) is 17.8 Å². The lowest BCUT2D eigenvalue weighted by Gasteiger charge is -2.41. The molecule has 1 aliphatic heterocycles. The summed E-state index contributed by atoms with van der Waals surface area (Å²) in [7, 11) is 0. The highest BCUT2D eigenvalue weighted by Crippen LogP contribution is 2.45. The Bertz CT molecular complexity index is 281. The number of aliphatic hydroxyl groups is 2. The quantitative estimate of drug-likeness (QED) is 0.793. The average Bonchev–Trinajstić information content (AvgIpc) is 2.79. The smallest absolute Gasteiger partial charge is 0.107 e. The van der Waals surface area contributed by atoms with Crippen LogP contribution in [0.5, 0.6) is 0 Å². The average molecular weight is 254 g/mol. The van der Waals surface area contributed by atoms with Gasteiger partial charge >= 0.3 is 0 Å². The maximum Gasteiger partial charge on any atom is 0.107 e. The summed E-state index contributed by atoms with van der Waals surface area (Å²) in [5, 5.41) is 19.0. The van der Waals surface area contributed by atoms with Crippen molar-refractivity contribution in [3.63, 3.8) is 0 Å². The van der Waals surface area contributed by atoms with Crippen molar-refractivity contribution in [2.75, 3.05) is 6.61 Å². The fraction of sp³-hybridized carbons (Fsp3) is 1.00. The molecule has 6 atom stereocenters. The van der Waals surface area contributed by atoms with Gasteiger partial charge in [0.05, 0.1) is 18.8 Å². The highest BCUT2D eigenvalue weighted by atomic mass is 16.5. The molecule has 0 spiro atoms. The number of ether oxygens (including phenoxy) is 1. The molecule has 0 aromatic heterocycles. The van der Waals surface area contributed by atoms with E-state index in [9.17, 15) is 5.11 Å². The molecule has 4 unspecified atom stereocenters. The standard InChI is InChI=1S/C15H26O3/c16-9-15-13(17)8-14(18-15)12-6-5-10-3-1-2-4-11(10)7-12/h10-17H,1-9H2/t10?,11?,12?,13-,14?,15+/m0/s1. The van der Waals surface area contributed by atoms with Gasteiger partial charge in [-0.1, -0.05) is 25.7 Å². The van der Waals surface area contributed by atoms with E-state index < -0.39 is 6.10 Å². The van der Waals surface area contributed by atoms with Crippen molar-refractivity contribution in [2.45, 2.75) is 69.7 Å². The lowest BCUT2D eigenvalue weighted by atomic mass is 9.66. The van der Waals surface area contributed by atoms with Crippen molar-refractivity contribution >= 4 is 0 Å². The predicted octanol–water partition coefficient (Wildman–Crippen LogP) is 2.10. The second-order valence-corrected chi connectivity index (χ2v) is 6.58. The molecule has 0 aromatic rings. The first-order chi connectivity index (χ1) is 8.78. The molecule has 3 rings (SSSR count). The van der Waals surface area contributed by atoms with Crippen LogP contribution >= 0.6 is 0 Å². The van der Waals surface area contributed by atoms with Gasteiger partial charge in [-0.05, 0) is 37.0 Å². The van der Waals surface area contributed by atoms with Crippen LogP contribution in [0.15, 0.2) is 0 Å². The zero-order valence-corrected chi connectivity index (χ0v) is 11.1. The number of hydrogen-bond acceptors (Lipinski definition) is 3. The van der Waals surface area contributed by atoms with Crippen LogP contribution in [0.2, 0.25) is 0 Å². The van der Waals surface area contributed by atoms with E-state index in [0.29, 0.717) is 5.92 Å². The van der Waals surface area contributed by atoms with Crippen LogP contribution in [0.3, 0.4) is 0 Å². The fourth-order valence-electron chi connectivity index (χ4n) is 4.48. The van der Waals surface area contributed by atoms with Gasteiger partial charge in [0.1, 0.15) is 6.10 Å². The molecule has 0 bridgehead atoms. The summed E-state index contributed by atoms with van der Waals surface area (Å²) in [6.45, 7) is -0.0452. The molecule has 1 heterocycles. The Kier molecular flexibility index (Phi) is 3.92. The van der Waals surface area contributed by atoms with Crippen LogP contribution in [-0.4, -0.2) is 35.1 Å². The highest BCUT2D eigenvalue weighted by molar-refractivity contribution is 4.91. The van der Waals surface area contributed by atoms with E-state index in [1.54, 1.807) is 0 Å². The molecule has 3 heteroatoms. The SMILES string of the molecule is OC[C@H]1OC(C2CCC3CCCCC3C2)C[C@@H]1O. The monoisotopic (exact) mass is 254 g/mol. The number of rotatable bonds is 2. The van der Waals surface area contributed by atoms with Crippen molar-refractivity contribution in [2.24, 2.45) is 17.8 Å². The Morgan fingerprint density at radius 2 is 1.61 bits per heavy atom. The molecule has 1 saturated heterocycles. The maximum absolute atomic E-state index is 9.84. The molecule has 2 saturated carbocycles. The molecule has 0 amide bonds. The summed E-state index contributed by atoms with van der Waals surface area (Å²) in [6.07, 6.45) is 9.71. The van der Waals surface area contributed by atoms with Crippen molar-refractivity contribution in [3.05, 3.63) is 0 Å². The summed E-state index contributed by atoms with van der Waals surface area (Å²) in [4.78, 5) is 0. The van der Waals surface area contributed by atoms with Crippen LogP contribution in [-0.2, 0) is 4.74 Å². The van der Waals surface area contributed by atoms with Gasteiger partial charge in [0, 0.05) is 6.42 Å². The summed E-state index contributed by atoms with van der Waals surface area (Å²) < 4.78 is 5.84. The van der Waals surface area contributed by atoms with E-state index in [-0.39, 0.29) is 18.8 Å². The van der Waals surface area contributed by atoms with Gasteiger partial charge < -0.3 is 14.9 Å². The molecular formula is C15H26O3. The summed E-state index contributed by atoms with van der Waals surface area (Å²) >= 11 is 0. The minimum absolute atomic E-state index is 0.0452. The van der Waals surface area contributed by atoms with E-state index >= 15 is 0 Å². The van der Waals surface area contributed by atoms with Gasteiger partial charge in [-0.3, -0.25) is 0 Å². The summed E-state index contributed by atoms with van der Waals surface area (Å²) in [5.74, 6) is 2.50. The molecule has 3 fully saturated rings. The Balaban J connectivity index is 1.58. The van der Waals surface area contributed by atoms with Gasteiger partial charge in [-0.25, -0.2) is 0 Å². The van der Waals surface area contributed by atoms with Crippen molar-refractivity contribution in [1.82, 2.24) is 0 Å². The summed E-state index contributed by atoms with van der Waals surface area (Å²) in [6, 6.07) is 0. The number of hydrogen-bond donors (Lipinski definition) is 2. The first-order valence-electron chi connectivity index (χ1n) is 7.72. The molecule has 3 nitrogen and oxygen atoms in total. The number of aliphatic hydroxyl groups excluding tert-OH is 2. The molecular weight excluding hydrogens is 228 g/mol. The molecule has 104 valence electrons. The summed E-state index contributed by atoms with van der Waals surface area (Å²) in [5.41, 5.74) is 0. The molecule has 3 aliphatic rings. The fourth-order valence-corrected chi connectivity index (χ4v) is 4.48. The van der Waals surface area contributed by atoms with Crippen LogP contribution < -0.4 is 0 Å². The normalized spacial score (nSPS) is 49.0. The van der Waals surface area contributed by atoms with Crippen LogP contribution in [0.1, 0.15) is 51.4 Å². The van der Waals surface area contributed by atoms with Crippen molar-refractivity contribution < 1.29 is 14.9 Å². The zero-order valence-electron chi connectivity index (χ0n) is 11.1. The van der Waals surface area contributed by atoms with Gasteiger partial charge in [-0.15, -0.1) is 0 Å². The maximum atomic E-state index is 9.84. The predicted molar refractivity (Wildman–Crippen MR) is 69.2 cm³/mol. The highest BCUT2D eigenvalue weighted by Gasteiger charge is 2.41. The van der Waals surface area contributed by atoms with E-state index in [2.05, 4.69) is 0 Å². The van der Waals surface area contributed by atoms with Gasteiger partial charge in [0.2, 0.25) is 0 Å². The van der Waals surface area contributed by atoms with Crippen LogP contribution in [0.4, 0.5) is 0 Å². The van der Waals surface area contributed by atoms with Crippen molar-refractivity contribution in [3.8, 4) is 0 Å². The second kappa shape index (κ2) is 5.48. The second-order valence-electron chi connectivity index (χ2n) is 6.58. The minimum Gasteiger partial charge on any atom is -0.394 e. The lowest BCUT2D eigenvalue weighted by molar-refractivity contribution is -0.0519. The zero-order chi connectivity index (χ0) is 12.5. The number of fused-ring (bicyclic) bond motifs is 1. The first kappa shape index (κ1) is 12.9. The first-order valence-corrected chi connectivity index (χ1v) is 7.72. The Morgan fingerprint density at radius 3 is 2.33 bits per heavy atom. The van der Waals surface area contributed by atoms with Crippen LogP contribution in [0.25, 0.3) is 0 Å². The molecule has 2 N–H and O–H groups in total. The third-order valence-corrected chi connectivity index (χ3v) is 5.54. The van der Waals surface area contributed by atoms with E-state index in [0.717, 1.165) is 18.3 Å². The van der Waals surface area contributed by atoms with E-state index in [4.69, 9.17) is 9.84 Å².